The van der Waals surface area contributed by atoms with Gasteiger partial charge in [0.1, 0.15) is 11.8 Å². The van der Waals surface area contributed by atoms with Crippen molar-refractivity contribution >= 4 is 6.09 Å². The molecule has 8 heteroatoms. The molecule has 1 aromatic heterocycles. The minimum Gasteiger partial charge on any atom is -0.444 e. The predicted molar refractivity (Wildman–Crippen MR) is 150 cm³/mol. The maximum atomic E-state index is 12.4. The Morgan fingerprint density at radius 3 is 2.62 bits per heavy atom. The lowest BCUT2D eigenvalue weighted by molar-refractivity contribution is -0.0675. The molecule has 39 heavy (non-hydrogen) atoms. The molecule has 3 aliphatic rings. The Morgan fingerprint density at radius 2 is 1.90 bits per heavy atom. The number of rotatable bonds is 7. The Hall–Kier alpha value is -2.42. The highest BCUT2D eigenvalue weighted by Gasteiger charge is 2.43. The van der Waals surface area contributed by atoms with Gasteiger partial charge >= 0.3 is 6.09 Å². The van der Waals surface area contributed by atoms with E-state index in [4.69, 9.17) is 19.3 Å². The second-order valence-corrected chi connectivity index (χ2v) is 12.7. The molecular weight excluding hydrogens is 492 g/mol. The molecule has 8 nitrogen and oxygen atoms in total. The molecule has 1 unspecified atom stereocenters. The minimum atomic E-state index is -0.494. The molecule has 1 spiro atoms. The summed E-state index contributed by atoms with van der Waals surface area (Å²) < 4.78 is 20.1. The number of ether oxygens (including phenoxy) is 3. The van der Waals surface area contributed by atoms with Gasteiger partial charge in [0.05, 0.1) is 17.9 Å². The van der Waals surface area contributed by atoms with Crippen LogP contribution in [0, 0.1) is 0 Å². The third-order valence-corrected chi connectivity index (χ3v) is 8.45. The van der Waals surface area contributed by atoms with E-state index in [2.05, 4.69) is 47.1 Å². The Labute approximate surface area is 233 Å². The molecule has 0 radical (unpaired) electrons. The molecule has 1 saturated heterocycles. The van der Waals surface area contributed by atoms with E-state index in [-0.39, 0.29) is 17.9 Å². The van der Waals surface area contributed by atoms with Crippen LogP contribution in [0.3, 0.4) is 0 Å². The largest absolute Gasteiger partial charge is 0.444 e. The molecule has 1 atom stereocenters. The first-order valence-corrected chi connectivity index (χ1v) is 14.7. The van der Waals surface area contributed by atoms with E-state index in [0.29, 0.717) is 12.5 Å². The van der Waals surface area contributed by atoms with Gasteiger partial charge in [0.25, 0.3) is 0 Å². The van der Waals surface area contributed by atoms with Crippen molar-refractivity contribution in [3.63, 3.8) is 0 Å². The average Bonchev–Trinajstić information content (AvgIpc) is 3.49. The molecule has 2 aromatic rings. The summed E-state index contributed by atoms with van der Waals surface area (Å²) in [5, 5.41) is 5.17. The molecule has 2 aliphatic heterocycles. The normalized spacial score (nSPS) is 25.2. The first-order valence-electron chi connectivity index (χ1n) is 14.7. The fourth-order valence-corrected chi connectivity index (χ4v) is 6.27. The van der Waals surface area contributed by atoms with E-state index in [9.17, 15) is 4.79 Å². The lowest BCUT2D eigenvalue weighted by Crippen LogP contribution is -2.38. The fraction of sp³-hybridized carbons (Fsp3) is 0.677. The number of carbonyl (C=O) groups excluding carboxylic acids is 1. The third-order valence-electron chi connectivity index (χ3n) is 8.45. The zero-order valence-corrected chi connectivity index (χ0v) is 24.4. The van der Waals surface area contributed by atoms with E-state index in [1.807, 2.05) is 20.8 Å². The number of hydrogen-bond donors (Lipinski definition) is 0. The number of hydrogen-bond acceptors (Lipinski definition) is 6. The number of likely N-dealkylation sites (N-methyl/N-ethyl adjacent to an activating group) is 2. The van der Waals surface area contributed by atoms with Crippen LogP contribution in [-0.4, -0.2) is 65.1 Å². The van der Waals surface area contributed by atoms with Gasteiger partial charge < -0.3 is 24.0 Å². The summed E-state index contributed by atoms with van der Waals surface area (Å²) in [6.07, 6.45) is 9.44. The van der Waals surface area contributed by atoms with Gasteiger partial charge in [-0.1, -0.05) is 24.3 Å². The summed E-state index contributed by atoms with van der Waals surface area (Å²) in [5.74, 6) is 0.407. The number of nitrogens with zero attached hydrogens (tertiary/aromatic N) is 4. The molecule has 0 N–H and O–H groups in total. The molecule has 1 amide bonds. The zero-order chi connectivity index (χ0) is 27.6. The SMILES string of the molecule is CN(CCN(C)C(=O)OC(C)(C)C)Cc1cn(C2CCCCO2)nc1C1CCC2(CC1)OCc1ccccc12. The van der Waals surface area contributed by atoms with Gasteiger partial charge in [-0.25, -0.2) is 9.48 Å². The second-order valence-electron chi connectivity index (χ2n) is 12.7. The van der Waals surface area contributed by atoms with Gasteiger partial charge in [0, 0.05) is 51.0 Å². The number of carbonyl (C=O) groups is 1. The summed E-state index contributed by atoms with van der Waals surface area (Å²) in [6.45, 7) is 9.34. The smallest absolute Gasteiger partial charge is 0.410 e. The van der Waals surface area contributed by atoms with Crippen molar-refractivity contribution in [1.29, 1.82) is 0 Å². The molecule has 214 valence electrons. The average molecular weight is 539 g/mol. The van der Waals surface area contributed by atoms with Crippen molar-refractivity contribution in [3.8, 4) is 0 Å². The number of fused-ring (bicyclic) bond motifs is 2. The van der Waals surface area contributed by atoms with Gasteiger partial charge in [-0.2, -0.15) is 5.10 Å². The van der Waals surface area contributed by atoms with Crippen LogP contribution < -0.4 is 0 Å². The van der Waals surface area contributed by atoms with Crippen LogP contribution >= 0.6 is 0 Å². The van der Waals surface area contributed by atoms with Crippen LogP contribution in [0.4, 0.5) is 4.79 Å². The maximum absolute atomic E-state index is 12.4. The lowest BCUT2D eigenvalue weighted by Gasteiger charge is -2.37. The van der Waals surface area contributed by atoms with E-state index in [1.165, 1.54) is 28.8 Å². The van der Waals surface area contributed by atoms with Crippen molar-refractivity contribution in [2.75, 3.05) is 33.8 Å². The quantitative estimate of drug-likeness (QED) is 0.433. The predicted octanol–water partition coefficient (Wildman–Crippen LogP) is 5.96. The number of benzene rings is 1. The van der Waals surface area contributed by atoms with Crippen molar-refractivity contribution < 1.29 is 19.0 Å². The molecule has 1 aromatic carbocycles. The van der Waals surface area contributed by atoms with Crippen LogP contribution in [0.15, 0.2) is 30.5 Å². The zero-order valence-electron chi connectivity index (χ0n) is 24.4. The van der Waals surface area contributed by atoms with Crippen molar-refractivity contribution in [1.82, 2.24) is 19.6 Å². The third kappa shape index (κ3) is 6.50. The Balaban J connectivity index is 1.27. The Morgan fingerprint density at radius 1 is 1.13 bits per heavy atom. The second kappa shape index (κ2) is 11.6. The lowest BCUT2D eigenvalue weighted by atomic mass is 9.73. The summed E-state index contributed by atoms with van der Waals surface area (Å²) in [4.78, 5) is 16.3. The van der Waals surface area contributed by atoms with Gasteiger partial charge in [-0.05, 0) is 83.9 Å². The topological polar surface area (TPSA) is 69.1 Å². The van der Waals surface area contributed by atoms with Crippen molar-refractivity contribution in [2.45, 2.75) is 102 Å². The van der Waals surface area contributed by atoms with E-state index >= 15 is 0 Å². The number of amides is 1. The fourth-order valence-electron chi connectivity index (χ4n) is 6.27. The van der Waals surface area contributed by atoms with Crippen LogP contribution in [0.5, 0.6) is 0 Å². The summed E-state index contributed by atoms with van der Waals surface area (Å²) in [5.41, 5.74) is 4.57. The van der Waals surface area contributed by atoms with Gasteiger partial charge in [0.2, 0.25) is 0 Å². The molecule has 2 fully saturated rings. The highest BCUT2D eigenvalue weighted by molar-refractivity contribution is 5.67. The monoisotopic (exact) mass is 538 g/mol. The van der Waals surface area contributed by atoms with Crippen molar-refractivity contribution in [2.24, 2.45) is 0 Å². The first kappa shape index (κ1) is 28.1. The summed E-state index contributed by atoms with van der Waals surface area (Å²) in [6, 6.07) is 8.71. The molecule has 1 aliphatic carbocycles. The number of aromatic nitrogens is 2. The minimum absolute atomic E-state index is 0.0230. The molecule has 3 heterocycles. The summed E-state index contributed by atoms with van der Waals surface area (Å²) >= 11 is 0. The maximum Gasteiger partial charge on any atom is 0.410 e. The Bertz CT molecular complexity index is 1130. The van der Waals surface area contributed by atoms with Gasteiger partial charge in [-0.15, -0.1) is 0 Å². The van der Waals surface area contributed by atoms with E-state index in [0.717, 1.165) is 64.8 Å². The molecular formula is C31H46N4O4. The Kier molecular flexibility index (Phi) is 8.36. The molecule has 5 rings (SSSR count). The highest BCUT2D eigenvalue weighted by Crippen LogP contribution is 2.50. The first-order chi connectivity index (χ1) is 18.6. The van der Waals surface area contributed by atoms with E-state index < -0.39 is 5.60 Å². The van der Waals surface area contributed by atoms with Crippen LogP contribution in [-0.2, 0) is 33.0 Å². The van der Waals surface area contributed by atoms with Crippen LogP contribution in [0.1, 0.15) is 100 Å². The van der Waals surface area contributed by atoms with E-state index in [1.54, 1.807) is 11.9 Å². The molecule has 1 saturated carbocycles. The molecule has 0 bridgehead atoms. The van der Waals surface area contributed by atoms with Crippen LogP contribution in [0.25, 0.3) is 0 Å². The van der Waals surface area contributed by atoms with Crippen LogP contribution in [0.2, 0.25) is 0 Å². The standard InChI is InChI=1S/C31H46N4O4/c1-30(2,3)39-29(36)34(5)18-17-33(4)20-25-21-35(27-12-8-9-19-37-27)32-28(25)23-13-15-31(16-14-23)26-11-7-6-10-24(26)22-38-31/h6-7,10-11,21,23,27H,8-9,12-20,22H2,1-5H3. The van der Waals surface area contributed by atoms with Crippen molar-refractivity contribution in [3.05, 3.63) is 52.8 Å². The highest BCUT2D eigenvalue weighted by atomic mass is 16.6. The van der Waals surface area contributed by atoms with Gasteiger partial charge in [0.15, 0.2) is 0 Å². The summed E-state index contributed by atoms with van der Waals surface area (Å²) in [7, 11) is 3.91. The van der Waals surface area contributed by atoms with Gasteiger partial charge in [-0.3, -0.25) is 0 Å².